The Hall–Kier alpha value is -2.38. The molecule has 0 aliphatic carbocycles. The second-order valence-electron chi connectivity index (χ2n) is 4.71. The van der Waals surface area contributed by atoms with Crippen molar-refractivity contribution in [1.29, 1.82) is 0 Å². The molecule has 0 unspecified atom stereocenters. The number of amides is 1. The van der Waals surface area contributed by atoms with E-state index in [-0.39, 0.29) is 12.5 Å². The highest BCUT2D eigenvalue weighted by molar-refractivity contribution is 5.75. The van der Waals surface area contributed by atoms with Crippen LogP contribution in [-0.2, 0) is 24.8 Å². The van der Waals surface area contributed by atoms with Gasteiger partial charge in [0.25, 0.3) is 0 Å². The molecule has 2 heterocycles. The summed E-state index contributed by atoms with van der Waals surface area (Å²) in [5.74, 6) is 0.188. The molecule has 0 bridgehead atoms. The molecule has 1 amide bonds. The van der Waals surface area contributed by atoms with Gasteiger partial charge < -0.3 is 11.1 Å². The first-order valence-corrected chi connectivity index (χ1v) is 6.38. The van der Waals surface area contributed by atoms with Crippen LogP contribution in [0.2, 0.25) is 0 Å². The number of nitrogens with zero attached hydrogens (tertiary/aromatic N) is 5. The van der Waals surface area contributed by atoms with E-state index in [1.165, 1.54) is 16.4 Å². The average molecular weight is 277 g/mol. The summed E-state index contributed by atoms with van der Waals surface area (Å²) < 4.78 is 3.26. The smallest absolute Gasteiger partial charge is 0.241 e. The molecule has 2 aromatic rings. The third-order valence-corrected chi connectivity index (χ3v) is 3.22. The number of aromatic nitrogens is 5. The average Bonchev–Trinajstić information content (AvgIpc) is 2.88. The predicted molar refractivity (Wildman–Crippen MR) is 73.8 cm³/mol. The van der Waals surface area contributed by atoms with Crippen molar-refractivity contribution in [3.63, 3.8) is 0 Å². The second kappa shape index (κ2) is 5.72. The maximum absolute atomic E-state index is 11.7. The Balaban J connectivity index is 1.82. The lowest BCUT2D eigenvalue weighted by atomic mass is 10.1. The maximum Gasteiger partial charge on any atom is 0.241 e. The normalized spacial score (nSPS) is 10.8. The van der Waals surface area contributed by atoms with Gasteiger partial charge in [-0.15, -0.1) is 5.10 Å². The molecule has 2 rings (SSSR count). The molecule has 0 spiro atoms. The Bertz CT molecular complexity index is 613. The zero-order chi connectivity index (χ0) is 14.7. The van der Waals surface area contributed by atoms with Crippen LogP contribution in [0.15, 0.2) is 6.20 Å². The van der Waals surface area contributed by atoms with Gasteiger partial charge in [0.05, 0.1) is 11.9 Å². The number of anilines is 1. The number of nitrogen functional groups attached to an aromatic ring is 1. The maximum atomic E-state index is 11.7. The van der Waals surface area contributed by atoms with Crippen molar-refractivity contribution in [2.45, 2.75) is 26.8 Å². The van der Waals surface area contributed by atoms with Crippen LogP contribution in [-0.4, -0.2) is 37.2 Å². The highest BCUT2D eigenvalue weighted by Crippen LogP contribution is 2.11. The van der Waals surface area contributed by atoms with E-state index in [9.17, 15) is 4.79 Å². The van der Waals surface area contributed by atoms with Gasteiger partial charge in [0.2, 0.25) is 5.91 Å². The summed E-state index contributed by atoms with van der Waals surface area (Å²) >= 11 is 0. The van der Waals surface area contributed by atoms with Crippen LogP contribution in [0.3, 0.4) is 0 Å². The Morgan fingerprint density at radius 2 is 2.20 bits per heavy atom. The van der Waals surface area contributed by atoms with Crippen LogP contribution in [0.4, 0.5) is 5.82 Å². The Kier molecular flexibility index (Phi) is 4.02. The van der Waals surface area contributed by atoms with Crippen LogP contribution in [0, 0.1) is 13.8 Å². The summed E-state index contributed by atoms with van der Waals surface area (Å²) in [5.41, 5.74) is 8.74. The van der Waals surface area contributed by atoms with E-state index in [1.807, 2.05) is 25.6 Å². The molecule has 8 nitrogen and oxygen atoms in total. The molecular formula is C12H19N7O. The molecule has 2 aromatic heterocycles. The van der Waals surface area contributed by atoms with E-state index in [0.717, 1.165) is 17.8 Å². The van der Waals surface area contributed by atoms with Crippen molar-refractivity contribution in [1.82, 2.24) is 30.1 Å². The first kappa shape index (κ1) is 14.0. The molecule has 20 heavy (non-hydrogen) atoms. The molecule has 0 radical (unpaired) electrons. The largest absolute Gasteiger partial charge is 0.381 e. The quantitative estimate of drug-likeness (QED) is 0.771. The number of aryl methyl sites for hydroxylation is 2. The van der Waals surface area contributed by atoms with Crippen LogP contribution >= 0.6 is 0 Å². The van der Waals surface area contributed by atoms with E-state index < -0.39 is 0 Å². The van der Waals surface area contributed by atoms with Gasteiger partial charge in [0, 0.05) is 19.3 Å². The van der Waals surface area contributed by atoms with Gasteiger partial charge in [-0.2, -0.15) is 5.10 Å². The van der Waals surface area contributed by atoms with Gasteiger partial charge in [-0.3, -0.25) is 9.48 Å². The van der Waals surface area contributed by atoms with Crippen molar-refractivity contribution < 1.29 is 4.79 Å². The van der Waals surface area contributed by atoms with Crippen molar-refractivity contribution in [3.8, 4) is 0 Å². The molecule has 0 aromatic carbocycles. The van der Waals surface area contributed by atoms with Crippen LogP contribution in [0.25, 0.3) is 0 Å². The van der Waals surface area contributed by atoms with Crippen LogP contribution in [0.5, 0.6) is 0 Å². The van der Waals surface area contributed by atoms with Crippen molar-refractivity contribution in [3.05, 3.63) is 23.1 Å². The molecule has 108 valence electrons. The minimum absolute atomic E-state index is 0.117. The van der Waals surface area contributed by atoms with Gasteiger partial charge in [0.1, 0.15) is 6.54 Å². The minimum Gasteiger partial charge on any atom is -0.381 e. The molecule has 0 saturated carbocycles. The number of hydrogen-bond acceptors (Lipinski definition) is 5. The van der Waals surface area contributed by atoms with Gasteiger partial charge in [-0.1, -0.05) is 5.21 Å². The number of nitrogens with two attached hydrogens (primary N) is 1. The molecule has 8 heteroatoms. The number of hydrogen-bond donors (Lipinski definition) is 2. The number of carbonyl (C=O) groups is 1. The fraction of sp³-hybridized carbons (Fsp3) is 0.500. The Morgan fingerprint density at radius 3 is 2.75 bits per heavy atom. The zero-order valence-corrected chi connectivity index (χ0v) is 11.9. The summed E-state index contributed by atoms with van der Waals surface area (Å²) in [4.78, 5) is 11.7. The monoisotopic (exact) mass is 277 g/mol. The van der Waals surface area contributed by atoms with Crippen LogP contribution in [0.1, 0.15) is 17.0 Å². The lowest BCUT2D eigenvalue weighted by molar-refractivity contribution is -0.121. The summed E-state index contributed by atoms with van der Waals surface area (Å²) in [5, 5.41) is 14.5. The third-order valence-electron chi connectivity index (χ3n) is 3.22. The van der Waals surface area contributed by atoms with Crippen molar-refractivity contribution in [2.75, 3.05) is 12.3 Å². The van der Waals surface area contributed by atoms with E-state index in [4.69, 9.17) is 5.73 Å². The zero-order valence-electron chi connectivity index (χ0n) is 11.9. The van der Waals surface area contributed by atoms with Gasteiger partial charge in [-0.25, -0.2) is 4.68 Å². The van der Waals surface area contributed by atoms with Gasteiger partial charge in [-0.05, 0) is 25.8 Å². The molecule has 0 fully saturated rings. The van der Waals surface area contributed by atoms with E-state index in [0.29, 0.717) is 12.4 Å². The fourth-order valence-electron chi connectivity index (χ4n) is 2.10. The molecular weight excluding hydrogens is 258 g/mol. The summed E-state index contributed by atoms with van der Waals surface area (Å²) in [6, 6.07) is 0. The lowest BCUT2D eigenvalue weighted by Gasteiger charge is -2.05. The van der Waals surface area contributed by atoms with Gasteiger partial charge >= 0.3 is 0 Å². The number of nitrogens with one attached hydrogen (secondary N) is 1. The summed E-state index contributed by atoms with van der Waals surface area (Å²) in [6.45, 7) is 4.68. The summed E-state index contributed by atoms with van der Waals surface area (Å²) in [7, 11) is 1.92. The molecule has 0 aliphatic heterocycles. The standard InChI is InChI=1S/C12H19N7O/c1-8-10(9(2)18(3)16-8)4-5-14-12(20)7-19-6-11(13)15-17-19/h6H,4-5,7,13H2,1-3H3,(H,14,20). The molecule has 0 atom stereocenters. The van der Waals surface area contributed by atoms with E-state index in [1.54, 1.807) is 0 Å². The highest BCUT2D eigenvalue weighted by Gasteiger charge is 2.10. The van der Waals surface area contributed by atoms with Crippen LogP contribution < -0.4 is 11.1 Å². The van der Waals surface area contributed by atoms with E-state index in [2.05, 4.69) is 20.7 Å². The summed E-state index contributed by atoms with van der Waals surface area (Å²) in [6.07, 6.45) is 2.28. The third kappa shape index (κ3) is 3.14. The van der Waals surface area contributed by atoms with Crippen molar-refractivity contribution >= 4 is 11.7 Å². The fourth-order valence-corrected chi connectivity index (χ4v) is 2.10. The topological polar surface area (TPSA) is 104 Å². The molecule has 3 N–H and O–H groups in total. The second-order valence-corrected chi connectivity index (χ2v) is 4.71. The number of rotatable bonds is 5. The predicted octanol–water partition coefficient (Wildman–Crippen LogP) is -0.430. The van der Waals surface area contributed by atoms with Crippen molar-refractivity contribution in [2.24, 2.45) is 7.05 Å². The SMILES string of the molecule is Cc1nn(C)c(C)c1CCNC(=O)Cn1cc(N)nn1. The molecule has 0 aliphatic rings. The minimum atomic E-state index is -0.117. The van der Waals surface area contributed by atoms with E-state index >= 15 is 0 Å². The Labute approximate surface area is 116 Å². The highest BCUT2D eigenvalue weighted by atomic mass is 16.2. The molecule has 0 saturated heterocycles. The first-order chi connectivity index (χ1) is 9.47. The number of carbonyl (C=O) groups excluding carboxylic acids is 1. The van der Waals surface area contributed by atoms with Gasteiger partial charge in [0.15, 0.2) is 5.82 Å². The lowest BCUT2D eigenvalue weighted by Crippen LogP contribution is -2.29. The first-order valence-electron chi connectivity index (χ1n) is 6.38. The Morgan fingerprint density at radius 1 is 1.45 bits per heavy atom.